The molecule has 1 heterocycles. The molecule has 25 heavy (non-hydrogen) atoms. The van der Waals surface area contributed by atoms with Gasteiger partial charge in [-0.2, -0.15) is 5.26 Å². The molecule has 7 nitrogen and oxygen atoms in total. The maximum absolute atomic E-state index is 12.6. The monoisotopic (exact) mass is 333 g/mol. The predicted octanol–water partition coefficient (Wildman–Crippen LogP) is 2.46. The van der Waals surface area contributed by atoms with E-state index in [9.17, 15) is 10.1 Å². The molecule has 2 aromatic carbocycles. The molecule has 1 N–H and O–H groups in total. The first-order valence-corrected chi connectivity index (χ1v) is 7.54. The van der Waals surface area contributed by atoms with Crippen LogP contribution >= 0.6 is 0 Å². The molecule has 0 aliphatic heterocycles. The highest BCUT2D eigenvalue weighted by Gasteiger charge is 2.18. The standard InChI is InChI=1S/C18H15N5O2/c1-25-16-9-5-8-14(10-19)17(16)21-18(24)15-11-20-22-23(15)12-13-6-3-2-4-7-13/h2-9,11H,12H2,1H3,(H,21,24). The summed E-state index contributed by atoms with van der Waals surface area (Å²) in [5.41, 5.74) is 1.93. The van der Waals surface area contributed by atoms with Gasteiger partial charge in [0.05, 0.1) is 25.4 Å². The van der Waals surface area contributed by atoms with Crippen molar-refractivity contribution in [2.24, 2.45) is 0 Å². The molecule has 0 aliphatic carbocycles. The largest absolute Gasteiger partial charge is 0.495 e. The first kappa shape index (κ1) is 16.2. The lowest BCUT2D eigenvalue weighted by Gasteiger charge is -2.12. The number of carbonyl (C=O) groups is 1. The summed E-state index contributed by atoms with van der Waals surface area (Å²) in [5, 5.41) is 19.8. The minimum atomic E-state index is -0.415. The predicted molar refractivity (Wildman–Crippen MR) is 91.2 cm³/mol. The molecule has 0 unspecified atom stereocenters. The molecule has 1 amide bonds. The van der Waals surface area contributed by atoms with E-state index in [0.29, 0.717) is 29.2 Å². The van der Waals surface area contributed by atoms with Crippen molar-refractivity contribution >= 4 is 11.6 Å². The van der Waals surface area contributed by atoms with Gasteiger partial charge in [-0.05, 0) is 17.7 Å². The van der Waals surface area contributed by atoms with Gasteiger partial charge in [0, 0.05) is 0 Å². The number of rotatable bonds is 5. The van der Waals surface area contributed by atoms with E-state index >= 15 is 0 Å². The van der Waals surface area contributed by atoms with Gasteiger partial charge in [-0.25, -0.2) is 4.68 Å². The topological polar surface area (TPSA) is 92.8 Å². The van der Waals surface area contributed by atoms with Crippen LogP contribution in [0.3, 0.4) is 0 Å². The van der Waals surface area contributed by atoms with Crippen molar-refractivity contribution in [2.75, 3.05) is 12.4 Å². The average molecular weight is 333 g/mol. The normalized spacial score (nSPS) is 10.1. The zero-order valence-corrected chi connectivity index (χ0v) is 13.5. The number of amides is 1. The van der Waals surface area contributed by atoms with Crippen LogP contribution in [0.2, 0.25) is 0 Å². The van der Waals surface area contributed by atoms with Crippen LogP contribution in [0.1, 0.15) is 21.6 Å². The number of nitrogens with one attached hydrogen (secondary N) is 1. The van der Waals surface area contributed by atoms with E-state index in [1.165, 1.54) is 18.0 Å². The number of ether oxygens (including phenoxy) is 1. The molecule has 0 bridgehead atoms. The third-order valence-electron chi connectivity index (χ3n) is 3.63. The molecule has 124 valence electrons. The van der Waals surface area contributed by atoms with Gasteiger partial charge in [0.25, 0.3) is 5.91 Å². The first-order valence-electron chi connectivity index (χ1n) is 7.54. The van der Waals surface area contributed by atoms with Gasteiger partial charge in [0.2, 0.25) is 0 Å². The van der Waals surface area contributed by atoms with Crippen molar-refractivity contribution in [3.63, 3.8) is 0 Å². The van der Waals surface area contributed by atoms with E-state index in [1.54, 1.807) is 18.2 Å². The number of hydrogen-bond donors (Lipinski definition) is 1. The Bertz CT molecular complexity index is 928. The fourth-order valence-corrected chi connectivity index (χ4v) is 2.41. The zero-order valence-electron chi connectivity index (χ0n) is 13.5. The number of aromatic nitrogens is 3. The minimum Gasteiger partial charge on any atom is -0.495 e. The van der Waals surface area contributed by atoms with Crippen LogP contribution in [0.4, 0.5) is 5.69 Å². The smallest absolute Gasteiger partial charge is 0.275 e. The summed E-state index contributed by atoms with van der Waals surface area (Å²) in [7, 11) is 1.48. The second kappa shape index (κ2) is 7.27. The van der Waals surface area contributed by atoms with Crippen LogP contribution in [-0.4, -0.2) is 28.0 Å². The number of anilines is 1. The number of benzene rings is 2. The molecular weight excluding hydrogens is 318 g/mol. The van der Waals surface area contributed by atoms with Gasteiger partial charge >= 0.3 is 0 Å². The SMILES string of the molecule is COc1cccc(C#N)c1NC(=O)c1cnnn1Cc1ccccc1. The summed E-state index contributed by atoms with van der Waals surface area (Å²) in [6.45, 7) is 0.417. The van der Waals surface area contributed by atoms with Crippen molar-refractivity contribution in [3.8, 4) is 11.8 Å². The van der Waals surface area contributed by atoms with E-state index in [0.717, 1.165) is 5.56 Å². The van der Waals surface area contributed by atoms with E-state index in [1.807, 2.05) is 36.4 Å². The Morgan fingerprint density at radius 1 is 1.24 bits per heavy atom. The highest BCUT2D eigenvalue weighted by Crippen LogP contribution is 2.28. The average Bonchev–Trinajstić information content (AvgIpc) is 3.11. The molecule has 1 aromatic heterocycles. The van der Waals surface area contributed by atoms with Crippen molar-refractivity contribution in [3.05, 3.63) is 71.5 Å². The lowest BCUT2D eigenvalue weighted by Crippen LogP contribution is -2.19. The summed E-state index contributed by atoms with van der Waals surface area (Å²) in [4.78, 5) is 12.6. The van der Waals surface area contributed by atoms with E-state index in [2.05, 4.69) is 15.6 Å². The quantitative estimate of drug-likeness (QED) is 0.774. The van der Waals surface area contributed by atoms with Gasteiger partial charge < -0.3 is 10.1 Å². The summed E-state index contributed by atoms with van der Waals surface area (Å²) < 4.78 is 6.73. The Morgan fingerprint density at radius 3 is 2.76 bits per heavy atom. The Kier molecular flexibility index (Phi) is 4.72. The summed E-state index contributed by atoms with van der Waals surface area (Å²) in [6, 6.07) is 16.7. The van der Waals surface area contributed by atoms with Crippen molar-refractivity contribution in [2.45, 2.75) is 6.54 Å². The lowest BCUT2D eigenvalue weighted by molar-refractivity contribution is 0.101. The van der Waals surface area contributed by atoms with Gasteiger partial charge in [-0.15, -0.1) is 5.10 Å². The van der Waals surface area contributed by atoms with Crippen LogP contribution in [0.15, 0.2) is 54.7 Å². The Hall–Kier alpha value is -3.66. The number of carbonyl (C=O) groups excluding carboxylic acids is 1. The van der Waals surface area contributed by atoms with Gasteiger partial charge in [0.15, 0.2) is 0 Å². The van der Waals surface area contributed by atoms with Crippen LogP contribution in [0.5, 0.6) is 5.75 Å². The van der Waals surface area contributed by atoms with E-state index in [-0.39, 0.29) is 0 Å². The fraction of sp³-hybridized carbons (Fsp3) is 0.111. The molecule has 3 aromatic rings. The van der Waals surface area contributed by atoms with Crippen LogP contribution < -0.4 is 10.1 Å². The Morgan fingerprint density at radius 2 is 2.04 bits per heavy atom. The summed E-state index contributed by atoms with van der Waals surface area (Å²) in [6.07, 6.45) is 1.39. The van der Waals surface area contributed by atoms with Crippen LogP contribution in [0, 0.1) is 11.3 Å². The van der Waals surface area contributed by atoms with Crippen molar-refractivity contribution < 1.29 is 9.53 Å². The lowest BCUT2D eigenvalue weighted by atomic mass is 10.1. The van der Waals surface area contributed by atoms with Crippen LogP contribution in [0.25, 0.3) is 0 Å². The van der Waals surface area contributed by atoms with Gasteiger partial charge in [0.1, 0.15) is 23.2 Å². The number of para-hydroxylation sites is 1. The molecule has 0 spiro atoms. The fourth-order valence-electron chi connectivity index (χ4n) is 2.41. The molecule has 7 heteroatoms. The van der Waals surface area contributed by atoms with Crippen molar-refractivity contribution in [1.82, 2.24) is 15.0 Å². The summed E-state index contributed by atoms with van der Waals surface area (Å²) >= 11 is 0. The minimum absolute atomic E-state index is 0.290. The molecule has 0 fully saturated rings. The Labute approximate surface area is 144 Å². The maximum atomic E-state index is 12.6. The number of nitriles is 1. The zero-order chi connectivity index (χ0) is 17.6. The van der Waals surface area contributed by atoms with Crippen molar-refractivity contribution in [1.29, 1.82) is 5.26 Å². The highest BCUT2D eigenvalue weighted by molar-refractivity contribution is 6.04. The molecule has 0 saturated carbocycles. The first-order chi connectivity index (χ1) is 12.2. The number of hydrogen-bond acceptors (Lipinski definition) is 5. The van der Waals surface area contributed by atoms with Gasteiger partial charge in [-0.1, -0.05) is 41.6 Å². The third kappa shape index (κ3) is 3.48. The van der Waals surface area contributed by atoms with E-state index < -0.39 is 5.91 Å². The molecular formula is C18H15N5O2. The molecule has 0 aliphatic rings. The number of methoxy groups -OCH3 is 1. The molecule has 0 radical (unpaired) electrons. The second-order valence-electron chi connectivity index (χ2n) is 5.21. The highest BCUT2D eigenvalue weighted by atomic mass is 16.5. The Balaban J connectivity index is 1.87. The van der Waals surface area contributed by atoms with E-state index in [4.69, 9.17) is 4.74 Å². The summed E-state index contributed by atoms with van der Waals surface area (Å²) in [5.74, 6) is -0.00332. The molecule has 0 atom stereocenters. The molecule has 0 saturated heterocycles. The van der Waals surface area contributed by atoms with Crippen LogP contribution in [-0.2, 0) is 6.54 Å². The second-order valence-corrected chi connectivity index (χ2v) is 5.21. The number of nitrogens with zero attached hydrogens (tertiary/aromatic N) is 4. The van der Waals surface area contributed by atoms with Gasteiger partial charge in [-0.3, -0.25) is 4.79 Å². The molecule has 3 rings (SSSR count). The third-order valence-corrected chi connectivity index (χ3v) is 3.63. The maximum Gasteiger partial charge on any atom is 0.275 e.